The molecule has 0 aliphatic carbocycles. The molecule has 1 unspecified atom stereocenters. The van der Waals surface area contributed by atoms with E-state index in [1.54, 1.807) is 27.4 Å². The molecule has 1 aromatic carbocycles. The molecular formula is C12H18ClNO3. The van der Waals surface area contributed by atoms with Gasteiger partial charge >= 0.3 is 0 Å². The molecule has 17 heavy (non-hydrogen) atoms. The first kappa shape index (κ1) is 13.9. The van der Waals surface area contributed by atoms with Crippen LogP contribution >= 0.6 is 11.6 Å². The number of ether oxygens (including phenoxy) is 3. The maximum absolute atomic E-state index is 6.22. The molecule has 0 saturated heterocycles. The molecule has 0 saturated carbocycles. The van der Waals surface area contributed by atoms with Gasteiger partial charge in [-0.15, -0.1) is 0 Å². The smallest absolute Gasteiger partial charge is 0.203 e. The molecule has 0 heterocycles. The lowest BCUT2D eigenvalue weighted by Crippen LogP contribution is -2.11. The van der Waals surface area contributed by atoms with Gasteiger partial charge < -0.3 is 19.9 Å². The van der Waals surface area contributed by atoms with Gasteiger partial charge in [-0.2, -0.15) is 0 Å². The van der Waals surface area contributed by atoms with Crippen LogP contribution in [0.4, 0.5) is 0 Å². The second-order valence-electron chi connectivity index (χ2n) is 3.68. The van der Waals surface area contributed by atoms with Gasteiger partial charge in [0.05, 0.1) is 26.4 Å². The Kier molecular flexibility index (Phi) is 4.90. The van der Waals surface area contributed by atoms with Crippen LogP contribution < -0.4 is 19.9 Å². The molecule has 96 valence electrons. The maximum atomic E-state index is 6.22. The van der Waals surface area contributed by atoms with Gasteiger partial charge in [0.2, 0.25) is 5.75 Å². The van der Waals surface area contributed by atoms with Crippen molar-refractivity contribution in [3.05, 3.63) is 16.7 Å². The lowest BCUT2D eigenvalue weighted by atomic mass is 9.99. The highest BCUT2D eigenvalue weighted by molar-refractivity contribution is 6.32. The van der Waals surface area contributed by atoms with Gasteiger partial charge in [0, 0.05) is 11.6 Å². The van der Waals surface area contributed by atoms with Gasteiger partial charge in [0.1, 0.15) is 0 Å². The Bertz CT molecular complexity index is 396. The van der Waals surface area contributed by atoms with Crippen molar-refractivity contribution in [2.45, 2.75) is 12.8 Å². The van der Waals surface area contributed by atoms with Crippen molar-refractivity contribution in [2.75, 3.05) is 27.9 Å². The highest BCUT2D eigenvalue weighted by Gasteiger charge is 2.22. The first-order valence-electron chi connectivity index (χ1n) is 5.29. The van der Waals surface area contributed by atoms with Gasteiger partial charge in [0.15, 0.2) is 11.5 Å². The summed E-state index contributed by atoms with van der Waals surface area (Å²) in [6, 6.07) is 1.71. The van der Waals surface area contributed by atoms with Gasteiger partial charge in [-0.3, -0.25) is 0 Å². The lowest BCUT2D eigenvalue weighted by Gasteiger charge is -2.20. The van der Waals surface area contributed by atoms with Crippen molar-refractivity contribution in [3.8, 4) is 17.2 Å². The maximum Gasteiger partial charge on any atom is 0.203 e. The first-order valence-corrected chi connectivity index (χ1v) is 5.66. The summed E-state index contributed by atoms with van der Waals surface area (Å²) in [5, 5.41) is 0.567. The molecule has 4 nitrogen and oxygen atoms in total. The van der Waals surface area contributed by atoms with Crippen molar-refractivity contribution in [2.24, 2.45) is 5.73 Å². The fourth-order valence-electron chi connectivity index (χ4n) is 1.73. The molecule has 1 aromatic rings. The average molecular weight is 260 g/mol. The Morgan fingerprint density at radius 2 is 1.76 bits per heavy atom. The van der Waals surface area contributed by atoms with Crippen molar-refractivity contribution >= 4 is 11.6 Å². The molecular weight excluding hydrogens is 242 g/mol. The minimum Gasteiger partial charge on any atom is -0.493 e. The normalized spacial score (nSPS) is 12.1. The molecule has 0 fully saturated rings. The van der Waals surface area contributed by atoms with E-state index in [1.165, 1.54) is 0 Å². The lowest BCUT2D eigenvalue weighted by molar-refractivity contribution is 0.321. The Morgan fingerprint density at radius 1 is 1.18 bits per heavy atom. The van der Waals surface area contributed by atoms with Crippen LogP contribution in [0, 0.1) is 0 Å². The van der Waals surface area contributed by atoms with Gasteiger partial charge in [0.25, 0.3) is 0 Å². The number of halogens is 1. The molecule has 0 aromatic heterocycles. The summed E-state index contributed by atoms with van der Waals surface area (Å²) in [6.45, 7) is 2.46. The summed E-state index contributed by atoms with van der Waals surface area (Å²) >= 11 is 6.22. The van der Waals surface area contributed by atoms with Crippen molar-refractivity contribution in [3.63, 3.8) is 0 Å². The minimum atomic E-state index is 0.0808. The number of methoxy groups -OCH3 is 3. The van der Waals surface area contributed by atoms with Crippen molar-refractivity contribution in [1.82, 2.24) is 0 Å². The van der Waals surface area contributed by atoms with E-state index in [-0.39, 0.29) is 5.92 Å². The van der Waals surface area contributed by atoms with Crippen LogP contribution in [0.1, 0.15) is 18.4 Å². The molecule has 5 heteroatoms. The van der Waals surface area contributed by atoms with E-state index in [2.05, 4.69) is 0 Å². The zero-order valence-corrected chi connectivity index (χ0v) is 11.3. The molecule has 0 amide bonds. The van der Waals surface area contributed by atoms with E-state index in [4.69, 9.17) is 31.5 Å². The molecule has 0 aliphatic heterocycles. The van der Waals surface area contributed by atoms with Gasteiger partial charge in [-0.05, 0) is 12.5 Å². The first-order chi connectivity index (χ1) is 8.10. The molecule has 0 radical (unpaired) electrons. The SMILES string of the molecule is COc1cc(Cl)c(C(C)CN)c(OC)c1OC. The van der Waals surface area contributed by atoms with E-state index in [9.17, 15) is 0 Å². The van der Waals surface area contributed by atoms with Crippen LogP contribution in [0.3, 0.4) is 0 Å². The number of nitrogens with two attached hydrogens (primary N) is 1. The van der Waals surface area contributed by atoms with E-state index >= 15 is 0 Å². The predicted octanol–water partition coefficient (Wildman–Crippen LogP) is 2.43. The van der Waals surface area contributed by atoms with Crippen LogP contribution in [-0.2, 0) is 0 Å². The minimum absolute atomic E-state index is 0.0808. The molecule has 1 atom stereocenters. The quantitative estimate of drug-likeness (QED) is 0.882. The van der Waals surface area contributed by atoms with Crippen molar-refractivity contribution in [1.29, 1.82) is 0 Å². The van der Waals surface area contributed by atoms with Gasteiger partial charge in [-0.25, -0.2) is 0 Å². The third-order valence-corrected chi connectivity index (χ3v) is 2.98. The van der Waals surface area contributed by atoms with Crippen LogP contribution in [0.5, 0.6) is 17.2 Å². The van der Waals surface area contributed by atoms with E-state index < -0.39 is 0 Å². The summed E-state index contributed by atoms with van der Waals surface area (Å²) in [5.41, 5.74) is 6.51. The van der Waals surface area contributed by atoms with Crippen LogP contribution in [0.2, 0.25) is 5.02 Å². The molecule has 2 N–H and O–H groups in total. The van der Waals surface area contributed by atoms with E-state index in [0.29, 0.717) is 28.8 Å². The Labute approximate surface area is 107 Å². The van der Waals surface area contributed by atoms with Gasteiger partial charge in [-0.1, -0.05) is 18.5 Å². The molecule has 1 rings (SSSR count). The summed E-state index contributed by atoms with van der Waals surface area (Å²) in [6.07, 6.45) is 0. The number of rotatable bonds is 5. The van der Waals surface area contributed by atoms with Crippen LogP contribution in [0.25, 0.3) is 0 Å². The Morgan fingerprint density at radius 3 is 2.18 bits per heavy atom. The zero-order valence-electron chi connectivity index (χ0n) is 10.5. The Balaban J connectivity index is 3.48. The highest BCUT2D eigenvalue weighted by atomic mass is 35.5. The topological polar surface area (TPSA) is 53.7 Å². The summed E-state index contributed by atoms with van der Waals surface area (Å²) in [5.74, 6) is 1.74. The third-order valence-electron chi connectivity index (χ3n) is 2.66. The number of benzene rings is 1. The summed E-state index contributed by atoms with van der Waals surface area (Å²) in [4.78, 5) is 0. The molecule has 0 aliphatic rings. The summed E-state index contributed by atoms with van der Waals surface area (Å²) in [7, 11) is 4.69. The second-order valence-corrected chi connectivity index (χ2v) is 4.08. The molecule has 0 bridgehead atoms. The standard InChI is InChI=1S/C12H18ClNO3/c1-7(6-14)10-8(13)5-9(15-2)11(16-3)12(10)17-4/h5,7H,6,14H2,1-4H3. The monoisotopic (exact) mass is 259 g/mol. The largest absolute Gasteiger partial charge is 0.493 e. The number of hydrogen-bond donors (Lipinski definition) is 1. The number of hydrogen-bond acceptors (Lipinski definition) is 4. The summed E-state index contributed by atoms with van der Waals surface area (Å²) < 4.78 is 15.9. The van der Waals surface area contributed by atoms with E-state index in [0.717, 1.165) is 5.56 Å². The van der Waals surface area contributed by atoms with Crippen molar-refractivity contribution < 1.29 is 14.2 Å². The predicted molar refractivity (Wildman–Crippen MR) is 68.6 cm³/mol. The average Bonchev–Trinajstić information content (AvgIpc) is 2.36. The molecule has 0 spiro atoms. The fourth-order valence-corrected chi connectivity index (χ4v) is 2.10. The second kappa shape index (κ2) is 5.98. The van der Waals surface area contributed by atoms with Crippen LogP contribution in [0.15, 0.2) is 6.07 Å². The Hall–Kier alpha value is -1.13. The fraction of sp³-hybridized carbons (Fsp3) is 0.500. The third kappa shape index (κ3) is 2.58. The highest BCUT2D eigenvalue weighted by Crippen LogP contribution is 2.46. The zero-order chi connectivity index (χ0) is 13.0. The van der Waals surface area contributed by atoms with E-state index in [1.807, 2.05) is 6.92 Å². The van der Waals surface area contributed by atoms with Crippen LogP contribution in [-0.4, -0.2) is 27.9 Å².